The topological polar surface area (TPSA) is 74.6 Å². The molecule has 130 valence electrons. The number of aliphatic carboxylic acids is 2. The molecule has 0 aliphatic carbocycles. The summed E-state index contributed by atoms with van der Waals surface area (Å²) in [5, 5.41) is 16.3. The van der Waals surface area contributed by atoms with E-state index >= 15 is 0 Å². The number of unbranched alkanes of at least 4 members (excludes halogenated alkanes) is 1. The summed E-state index contributed by atoms with van der Waals surface area (Å²) in [5.74, 6) is -1.74. The summed E-state index contributed by atoms with van der Waals surface area (Å²) >= 11 is 0. The molecule has 0 bridgehead atoms. The van der Waals surface area contributed by atoms with Crippen LogP contribution in [0.25, 0.3) is 0 Å². The predicted octanol–water partition coefficient (Wildman–Crippen LogP) is 4.71. The van der Waals surface area contributed by atoms with Gasteiger partial charge in [-0.15, -0.1) is 0 Å². The molecule has 4 heteroatoms. The van der Waals surface area contributed by atoms with Crippen LogP contribution >= 0.6 is 0 Å². The van der Waals surface area contributed by atoms with Crippen LogP contribution in [0.2, 0.25) is 0 Å². The predicted molar refractivity (Wildman–Crippen MR) is 96.1 cm³/mol. The molecule has 0 saturated carbocycles. The molecule has 2 rings (SSSR count). The Morgan fingerprint density at radius 1 is 0.667 bits per heavy atom. The number of hydrogen-bond acceptors (Lipinski definition) is 2. The molecule has 0 aliphatic heterocycles. The van der Waals surface area contributed by atoms with Crippen molar-refractivity contribution >= 4 is 11.9 Å². The second kappa shape index (κ2) is 14.0. The molecule has 0 atom stereocenters. The van der Waals surface area contributed by atoms with Crippen LogP contribution < -0.4 is 0 Å². The smallest absolute Gasteiger partial charge is 0.303 e. The van der Waals surface area contributed by atoms with E-state index < -0.39 is 11.9 Å². The average Bonchev–Trinajstić information content (AvgIpc) is 2.54. The van der Waals surface area contributed by atoms with Crippen LogP contribution in [-0.4, -0.2) is 22.2 Å². The summed E-state index contributed by atoms with van der Waals surface area (Å²) in [7, 11) is 0. The van der Waals surface area contributed by atoms with E-state index in [0.29, 0.717) is 12.8 Å². The van der Waals surface area contributed by atoms with Crippen molar-refractivity contribution in [2.24, 2.45) is 0 Å². The fourth-order valence-corrected chi connectivity index (χ4v) is 1.62. The highest BCUT2D eigenvalue weighted by molar-refractivity contribution is 5.67. The van der Waals surface area contributed by atoms with E-state index in [1.807, 2.05) is 36.4 Å². The number of carboxylic acid groups (broad SMARTS) is 2. The van der Waals surface area contributed by atoms with Gasteiger partial charge in [0.05, 0.1) is 0 Å². The normalized spacial score (nSPS) is 8.92. The van der Waals surface area contributed by atoms with E-state index in [9.17, 15) is 9.59 Å². The van der Waals surface area contributed by atoms with Crippen LogP contribution in [0.15, 0.2) is 60.7 Å². The van der Waals surface area contributed by atoms with Crippen LogP contribution in [0.1, 0.15) is 36.8 Å². The molecular formula is C20H26O4. The van der Waals surface area contributed by atoms with Gasteiger partial charge in [-0.3, -0.25) is 9.59 Å². The lowest BCUT2D eigenvalue weighted by atomic mass is 10.2. The van der Waals surface area contributed by atoms with Gasteiger partial charge >= 0.3 is 11.9 Å². The first-order valence-electron chi connectivity index (χ1n) is 7.88. The molecule has 0 fully saturated rings. The number of benzene rings is 2. The average molecular weight is 330 g/mol. The van der Waals surface area contributed by atoms with Crippen molar-refractivity contribution in [1.29, 1.82) is 0 Å². The van der Waals surface area contributed by atoms with Crippen molar-refractivity contribution in [2.45, 2.75) is 39.5 Å². The molecule has 0 aromatic heterocycles. The fraction of sp³-hybridized carbons (Fsp3) is 0.300. The molecule has 0 aliphatic rings. The monoisotopic (exact) mass is 330 g/mol. The summed E-state index contributed by atoms with van der Waals surface area (Å²) < 4.78 is 0. The van der Waals surface area contributed by atoms with Crippen LogP contribution in [0.3, 0.4) is 0 Å². The molecule has 2 aromatic carbocycles. The minimum absolute atomic E-state index is 0.0628. The van der Waals surface area contributed by atoms with E-state index in [2.05, 4.69) is 38.1 Å². The number of carbonyl (C=O) groups is 2. The quantitative estimate of drug-likeness (QED) is 0.779. The van der Waals surface area contributed by atoms with Crippen molar-refractivity contribution < 1.29 is 19.8 Å². The Labute approximate surface area is 143 Å². The highest BCUT2D eigenvalue weighted by atomic mass is 16.4. The van der Waals surface area contributed by atoms with Gasteiger partial charge in [-0.2, -0.15) is 0 Å². The van der Waals surface area contributed by atoms with Crippen molar-refractivity contribution in [3.05, 3.63) is 71.8 Å². The van der Waals surface area contributed by atoms with Gasteiger partial charge < -0.3 is 10.2 Å². The first kappa shape index (κ1) is 21.4. The van der Waals surface area contributed by atoms with Crippen LogP contribution in [0.5, 0.6) is 0 Å². The fourth-order valence-electron chi connectivity index (χ4n) is 1.62. The van der Waals surface area contributed by atoms with Gasteiger partial charge in [-0.25, -0.2) is 0 Å². The first-order chi connectivity index (χ1) is 11.4. The summed E-state index contributed by atoms with van der Waals surface area (Å²) in [5.41, 5.74) is 2.64. The third kappa shape index (κ3) is 15.8. The summed E-state index contributed by atoms with van der Waals surface area (Å²) in [6, 6.07) is 20.5. The number of carboxylic acids is 2. The van der Waals surface area contributed by atoms with Gasteiger partial charge in [0.25, 0.3) is 0 Å². The van der Waals surface area contributed by atoms with Crippen LogP contribution in [0.4, 0.5) is 0 Å². The van der Waals surface area contributed by atoms with Crippen molar-refractivity contribution in [3.8, 4) is 0 Å². The van der Waals surface area contributed by atoms with Gasteiger partial charge in [0.2, 0.25) is 0 Å². The van der Waals surface area contributed by atoms with E-state index in [1.165, 1.54) is 11.1 Å². The van der Waals surface area contributed by atoms with Gasteiger partial charge in [0.1, 0.15) is 0 Å². The van der Waals surface area contributed by atoms with Crippen LogP contribution in [0, 0.1) is 13.8 Å². The number of aryl methyl sites for hydroxylation is 2. The lowest BCUT2D eigenvalue weighted by Gasteiger charge is -1.92. The Bertz CT molecular complexity index is 511. The zero-order valence-electron chi connectivity index (χ0n) is 14.3. The van der Waals surface area contributed by atoms with E-state index in [-0.39, 0.29) is 12.8 Å². The van der Waals surface area contributed by atoms with Crippen molar-refractivity contribution in [1.82, 2.24) is 0 Å². The zero-order valence-corrected chi connectivity index (χ0v) is 14.3. The third-order valence-electron chi connectivity index (χ3n) is 2.91. The van der Waals surface area contributed by atoms with E-state index in [4.69, 9.17) is 10.2 Å². The van der Waals surface area contributed by atoms with E-state index in [1.54, 1.807) is 0 Å². The van der Waals surface area contributed by atoms with Gasteiger partial charge in [0.15, 0.2) is 0 Å². The lowest BCUT2D eigenvalue weighted by molar-refractivity contribution is -0.139. The largest absolute Gasteiger partial charge is 0.481 e. The third-order valence-corrected chi connectivity index (χ3v) is 2.91. The Kier molecular flexibility index (Phi) is 12.5. The SMILES string of the molecule is Cc1ccccc1.Cc1ccccc1.O=C(O)CCCCC(=O)O. The summed E-state index contributed by atoms with van der Waals surface area (Å²) in [6.45, 7) is 4.17. The molecule has 24 heavy (non-hydrogen) atoms. The van der Waals surface area contributed by atoms with Gasteiger partial charge in [-0.1, -0.05) is 71.8 Å². The van der Waals surface area contributed by atoms with Crippen molar-refractivity contribution in [3.63, 3.8) is 0 Å². The van der Waals surface area contributed by atoms with Gasteiger partial charge in [0, 0.05) is 12.8 Å². The molecule has 4 nitrogen and oxygen atoms in total. The second-order valence-corrected chi connectivity index (χ2v) is 5.30. The standard InChI is InChI=1S/2C7H8.C6H10O4/c2*1-7-5-3-2-4-6-7;7-5(8)3-1-2-4-6(9)10/h2*2-6H,1H3;1-4H2,(H,7,8)(H,9,10). The Hall–Kier alpha value is -2.62. The molecule has 0 radical (unpaired) electrons. The maximum atomic E-state index is 9.90. The molecule has 0 saturated heterocycles. The molecule has 0 spiro atoms. The minimum Gasteiger partial charge on any atom is -0.481 e. The highest BCUT2D eigenvalue weighted by Crippen LogP contribution is 1.98. The zero-order chi connectivity index (χ0) is 18.2. The molecule has 0 unspecified atom stereocenters. The molecule has 2 aromatic rings. The molecule has 0 heterocycles. The Morgan fingerprint density at radius 2 is 0.958 bits per heavy atom. The second-order valence-electron chi connectivity index (χ2n) is 5.30. The first-order valence-corrected chi connectivity index (χ1v) is 7.88. The maximum Gasteiger partial charge on any atom is 0.303 e. The number of rotatable bonds is 5. The van der Waals surface area contributed by atoms with Crippen LogP contribution in [-0.2, 0) is 9.59 Å². The van der Waals surface area contributed by atoms with E-state index in [0.717, 1.165) is 0 Å². The number of hydrogen-bond donors (Lipinski definition) is 2. The van der Waals surface area contributed by atoms with Crippen molar-refractivity contribution in [2.75, 3.05) is 0 Å². The lowest BCUT2D eigenvalue weighted by Crippen LogP contribution is -1.97. The maximum absolute atomic E-state index is 9.90. The Balaban J connectivity index is 0.000000337. The summed E-state index contributed by atoms with van der Waals surface area (Å²) in [4.78, 5) is 19.8. The molecular weight excluding hydrogens is 304 g/mol. The Morgan fingerprint density at radius 3 is 1.12 bits per heavy atom. The minimum atomic E-state index is -0.870. The highest BCUT2D eigenvalue weighted by Gasteiger charge is 1.99. The van der Waals surface area contributed by atoms with Gasteiger partial charge in [-0.05, 0) is 26.7 Å². The molecule has 2 N–H and O–H groups in total. The summed E-state index contributed by atoms with van der Waals surface area (Å²) in [6.07, 6.45) is 1.02. The molecule has 0 amide bonds.